The number of hydrogen-bond donors (Lipinski definition) is 8. The number of nitrogens with two attached hydrogens (primary N) is 1. The SMILES string of the molecule is CCC(C)C(NC(=O)C(N)C(C)O)C(=O)NC(C(=O)NC(CCC(=O)O)C(=O)O)C(C)O. The number of amides is 3. The van der Waals surface area contributed by atoms with Crippen LogP contribution in [0, 0.1) is 5.92 Å². The number of aliphatic hydroxyl groups is 2. The van der Waals surface area contributed by atoms with Gasteiger partial charge >= 0.3 is 11.9 Å². The number of hydrogen-bond acceptors (Lipinski definition) is 8. The summed E-state index contributed by atoms with van der Waals surface area (Å²) in [5, 5.41) is 44.1. The summed E-state index contributed by atoms with van der Waals surface area (Å²) in [4.78, 5) is 59.5. The van der Waals surface area contributed by atoms with Crippen molar-refractivity contribution in [3.05, 3.63) is 0 Å². The lowest BCUT2D eigenvalue weighted by Crippen LogP contribution is -2.61. The number of carbonyl (C=O) groups excluding carboxylic acids is 3. The quantitative estimate of drug-likeness (QED) is 0.135. The van der Waals surface area contributed by atoms with E-state index in [1.54, 1.807) is 13.8 Å². The van der Waals surface area contributed by atoms with Gasteiger partial charge in [-0.05, 0) is 26.2 Å². The summed E-state index contributed by atoms with van der Waals surface area (Å²) < 4.78 is 0. The fourth-order valence-corrected chi connectivity index (χ4v) is 2.61. The normalized spacial score (nSPS) is 17.6. The van der Waals surface area contributed by atoms with Gasteiger partial charge in [-0.25, -0.2) is 4.79 Å². The van der Waals surface area contributed by atoms with E-state index in [0.29, 0.717) is 6.42 Å². The van der Waals surface area contributed by atoms with E-state index in [9.17, 15) is 39.3 Å². The third-order valence-electron chi connectivity index (χ3n) is 4.94. The fraction of sp³-hybridized carbons (Fsp3) is 0.737. The molecule has 0 rings (SSSR count). The minimum Gasteiger partial charge on any atom is -0.481 e. The molecule has 0 aromatic rings. The molecule has 0 aliphatic heterocycles. The molecule has 0 aromatic heterocycles. The van der Waals surface area contributed by atoms with Gasteiger partial charge in [-0.2, -0.15) is 0 Å². The number of carboxylic acid groups (broad SMARTS) is 2. The zero-order valence-electron chi connectivity index (χ0n) is 18.6. The van der Waals surface area contributed by atoms with Crippen LogP contribution in [0.4, 0.5) is 0 Å². The van der Waals surface area contributed by atoms with Gasteiger partial charge in [-0.15, -0.1) is 0 Å². The van der Waals surface area contributed by atoms with Crippen molar-refractivity contribution < 1.29 is 44.4 Å². The average molecular weight is 463 g/mol. The standard InChI is InChI=1S/C19H34N4O9/c1-5-8(2)14(22-16(28)13(20)9(3)24)17(29)23-15(10(4)25)18(30)21-11(19(31)32)6-7-12(26)27/h8-11,13-15,24-25H,5-7,20H2,1-4H3,(H,21,30)(H,22,28)(H,23,29)(H,26,27)(H,31,32). The molecule has 9 N–H and O–H groups in total. The Morgan fingerprint density at radius 3 is 1.72 bits per heavy atom. The van der Waals surface area contributed by atoms with Crippen LogP contribution in [0.1, 0.15) is 47.0 Å². The van der Waals surface area contributed by atoms with E-state index in [1.165, 1.54) is 13.8 Å². The van der Waals surface area contributed by atoms with Gasteiger partial charge < -0.3 is 42.1 Å². The Morgan fingerprint density at radius 2 is 1.31 bits per heavy atom. The van der Waals surface area contributed by atoms with E-state index >= 15 is 0 Å². The van der Waals surface area contributed by atoms with Gasteiger partial charge in [0.25, 0.3) is 0 Å². The van der Waals surface area contributed by atoms with E-state index in [4.69, 9.17) is 10.8 Å². The molecule has 13 nitrogen and oxygen atoms in total. The van der Waals surface area contributed by atoms with Gasteiger partial charge in [-0.1, -0.05) is 20.3 Å². The van der Waals surface area contributed by atoms with E-state index in [2.05, 4.69) is 16.0 Å². The fourth-order valence-electron chi connectivity index (χ4n) is 2.61. The van der Waals surface area contributed by atoms with E-state index in [-0.39, 0.29) is 0 Å². The van der Waals surface area contributed by atoms with Crippen molar-refractivity contribution in [3.63, 3.8) is 0 Å². The van der Waals surface area contributed by atoms with Crippen molar-refractivity contribution in [3.8, 4) is 0 Å². The molecule has 0 saturated heterocycles. The summed E-state index contributed by atoms with van der Waals surface area (Å²) in [6.07, 6.45) is -3.09. The highest BCUT2D eigenvalue weighted by atomic mass is 16.4. The summed E-state index contributed by atoms with van der Waals surface area (Å²) in [5.74, 6) is -5.82. The van der Waals surface area contributed by atoms with Crippen LogP contribution in [0.3, 0.4) is 0 Å². The van der Waals surface area contributed by atoms with Crippen molar-refractivity contribution in [1.29, 1.82) is 0 Å². The molecule has 0 aromatic carbocycles. The molecular formula is C19H34N4O9. The summed E-state index contributed by atoms with van der Waals surface area (Å²) in [7, 11) is 0. The van der Waals surface area contributed by atoms with Gasteiger partial charge in [0, 0.05) is 6.42 Å². The van der Waals surface area contributed by atoms with Gasteiger partial charge in [0.2, 0.25) is 17.7 Å². The second-order valence-electron chi connectivity index (χ2n) is 7.70. The molecule has 0 bridgehead atoms. The molecule has 7 unspecified atom stereocenters. The van der Waals surface area contributed by atoms with Gasteiger partial charge in [0.15, 0.2) is 0 Å². The van der Waals surface area contributed by atoms with Crippen molar-refractivity contribution in [2.75, 3.05) is 0 Å². The highest BCUT2D eigenvalue weighted by Gasteiger charge is 2.34. The molecule has 0 fully saturated rings. The molecule has 3 amide bonds. The molecule has 13 heteroatoms. The lowest BCUT2D eigenvalue weighted by Gasteiger charge is -2.29. The highest BCUT2D eigenvalue weighted by molar-refractivity contribution is 5.94. The molecule has 0 radical (unpaired) electrons. The third-order valence-corrected chi connectivity index (χ3v) is 4.94. The smallest absolute Gasteiger partial charge is 0.326 e. The first-order chi connectivity index (χ1) is 14.7. The zero-order valence-corrected chi connectivity index (χ0v) is 18.6. The summed E-state index contributed by atoms with van der Waals surface area (Å²) in [6, 6.07) is -5.58. The Balaban J connectivity index is 5.48. The number of aliphatic hydroxyl groups excluding tert-OH is 2. The molecule has 0 aliphatic rings. The topological polar surface area (TPSA) is 228 Å². The Bertz CT molecular complexity index is 684. The Morgan fingerprint density at radius 1 is 0.812 bits per heavy atom. The van der Waals surface area contributed by atoms with Crippen LogP contribution in [0.15, 0.2) is 0 Å². The minimum absolute atomic E-state index is 0.403. The predicted octanol–water partition coefficient (Wildman–Crippen LogP) is -2.47. The lowest BCUT2D eigenvalue weighted by atomic mass is 9.97. The van der Waals surface area contributed by atoms with Crippen LogP contribution >= 0.6 is 0 Å². The van der Waals surface area contributed by atoms with E-state index < -0.39 is 84.8 Å². The first-order valence-electron chi connectivity index (χ1n) is 10.2. The van der Waals surface area contributed by atoms with Crippen molar-refractivity contribution in [2.24, 2.45) is 11.7 Å². The predicted molar refractivity (Wildman–Crippen MR) is 111 cm³/mol. The lowest BCUT2D eigenvalue weighted by molar-refractivity contribution is -0.144. The van der Waals surface area contributed by atoms with Crippen LogP contribution in [-0.4, -0.2) is 86.5 Å². The molecule has 0 heterocycles. The van der Waals surface area contributed by atoms with E-state index in [0.717, 1.165) is 0 Å². The van der Waals surface area contributed by atoms with Crippen molar-refractivity contribution in [2.45, 2.75) is 83.3 Å². The third kappa shape index (κ3) is 9.58. The number of carboxylic acids is 2. The second kappa shape index (κ2) is 13.6. The minimum atomic E-state index is -1.58. The van der Waals surface area contributed by atoms with Gasteiger partial charge in [0.1, 0.15) is 24.2 Å². The molecule has 0 saturated carbocycles. The maximum absolute atomic E-state index is 12.8. The van der Waals surface area contributed by atoms with Gasteiger partial charge in [-0.3, -0.25) is 19.2 Å². The zero-order chi connectivity index (χ0) is 25.2. The molecular weight excluding hydrogens is 428 g/mol. The van der Waals surface area contributed by atoms with Crippen LogP contribution in [0.25, 0.3) is 0 Å². The number of rotatable bonds is 14. The average Bonchev–Trinajstić information content (AvgIpc) is 2.70. The second-order valence-corrected chi connectivity index (χ2v) is 7.70. The van der Waals surface area contributed by atoms with Crippen LogP contribution in [0.2, 0.25) is 0 Å². The number of nitrogens with one attached hydrogen (secondary N) is 3. The maximum Gasteiger partial charge on any atom is 0.326 e. The van der Waals surface area contributed by atoms with Crippen LogP contribution in [0.5, 0.6) is 0 Å². The van der Waals surface area contributed by atoms with Gasteiger partial charge in [0.05, 0.1) is 12.2 Å². The highest BCUT2D eigenvalue weighted by Crippen LogP contribution is 2.10. The molecule has 7 atom stereocenters. The van der Waals surface area contributed by atoms with Crippen molar-refractivity contribution in [1.82, 2.24) is 16.0 Å². The van der Waals surface area contributed by atoms with Crippen LogP contribution in [-0.2, 0) is 24.0 Å². The summed E-state index contributed by atoms with van der Waals surface area (Å²) in [5.41, 5.74) is 5.59. The molecule has 0 spiro atoms. The van der Waals surface area contributed by atoms with Crippen LogP contribution < -0.4 is 21.7 Å². The molecule has 0 aliphatic carbocycles. The molecule has 32 heavy (non-hydrogen) atoms. The van der Waals surface area contributed by atoms with E-state index in [1.807, 2.05) is 0 Å². The molecule has 184 valence electrons. The first kappa shape index (κ1) is 29.2. The largest absolute Gasteiger partial charge is 0.481 e. The van der Waals surface area contributed by atoms with Crippen molar-refractivity contribution >= 4 is 29.7 Å². The Labute approximate surface area is 185 Å². The number of carbonyl (C=O) groups is 5. The Kier molecular flexibility index (Phi) is 12.4. The maximum atomic E-state index is 12.8. The number of aliphatic carboxylic acids is 2. The summed E-state index contributed by atoms with van der Waals surface area (Å²) >= 11 is 0. The first-order valence-corrected chi connectivity index (χ1v) is 10.2. The monoisotopic (exact) mass is 462 g/mol. The summed E-state index contributed by atoms with van der Waals surface area (Å²) in [6.45, 7) is 5.91. The Hall–Kier alpha value is -2.77.